The zero-order chi connectivity index (χ0) is 14.5. The van der Waals surface area contributed by atoms with Crippen LogP contribution in [0.5, 0.6) is 0 Å². The molecule has 0 aliphatic carbocycles. The molecule has 20 heavy (non-hydrogen) atoms. The standard InChI is InChI=1S/C13H13N3O4/c1-2-20-11(17)8-16-12(18)10(15-13(16)19)7-9-3-5-14-6-4-9/h3-7H,2,8H2,1H3,(H,15,19)/b10-7-. The van der Waals surface area contributed by atoms with Crippen molar-refractivity contribution in [3.8, 4) is 0 Å². The van der Waals surface area contributed by atoms with Crippen LogP contribution in [0.4, 0.5) is 4.79 Å². The van der Waals surface area contributed by atoms with Gasteiger partial charge in [-0.15, -0.1) is 0 Å². The predicted molar refractivity (Wildman–Crippen MR) is 69.1 cm³/mol. The van der Waals surface area contributed by atoms with E-state index in [2.05, 4.69) is 10.3 Å². The average Bonchev–Trinajstić information content (AvgIpc) is 2.68. The van der Waals surface area contributed by atoms with Crippen LogP contribution in [-0.4, -0.2) is 40.9 Å². The number of nitrogens with zero attached hydrogens (tertiary/aromatic N) is 2. The summed E-state index contributed by atoms with van der Waals surface area (Å²) >= 11 is 0. The molecule has 2 heterocycles. The van der Waals surface area contributed by atoms with Gasteiger partial charge in [0.1, 0.15) is 12.2 Å². The third-order valence-electron chi connectivity index (χ3n) is 2.57. The van der Waals surface area contributed by atoms with Gasteiger partial charge in [0.2, 0.25) is 0 Å². The van der Waals surface area contributed by atoms with Gasteiger partial charge in [-0.1, -0.05) is 0 Å². The molecule has 7 nitrogen and oxygen atoms in total. The Morgan fingerprint density at radius 2 is 2.10 bits per heavy atom. The molecule has 0 aromatic carbocycles. The molecule has 1 aromatic rings. The average molecular weight is 275 g/mol. The highest BCUT2D eigenvalue weighted by molar-refractivity contribution is 6.15. The molecule has 1 aromatic heterocycles. The third kappa shape index (κ3) is 3.00. The van der Waals surface area contributed by atoms with Crippen molar-refractivity contribution >= 4 is 24.0 Å². The summed E-state index contributed by atoms with van der Waals surface area (Å²) in [5.74, 6) is -1.18. The van der Waals surface area contributed by atoms with Crippen molar-refractivity contribution in [2.24, 2.45) is 0 Å². The van der Waals surface area contributed by atoms with Gasteiger partial charge in [-0.25, -0.2) is 9.69 Å². The number of pyridine rings is 1. The predicted octanol–water partition coefficient (Wildman–Crippen LogP) is 0.537. The highest BCUT2D eigenvalue weighted by Gasteiger charge is 2.35. The Morgan fingerprint density at radius 3 is 2.75 bits per heavy atom. The van der Waals surface area contributed by atoms with Gasteiger partial charge in [-0.3, -0.25) is 14.6 Å². The van der Waals surface area contributed by atoms with E-state index in [9.17, 15) is 14.4 Å². The van der Waals surface area contributed by atoms with Crippen LogP contribution in [0.1, 0.15) is 12.5 Å². The quantitative estimate of drug-likeness (QED) is 0.492. The Bertz CT molecular complexity index is 568. The van der Waals surface area contributed by atoms with Crippen LogP contribution < -0.4 is 5.32 Å². The highest BCUT2D eigenvalue weighted by Crippen LogP contribution is 2.13. The van der Waals surface area contributed by atoms with Crippen molar-refractivity contribution in [3.63, 3.8) is 0 Å². The molecule has 2 rings (SSSR count). The van der Waals surface area contributed by atoms with Crippen molar-refractivity contribution in [1.29, 1.82) is 0 Å². The monoisotopic (exact) mass is 275 g/mol. The summed E-state index contributed by atoms with van der Waals surface area (Å²) in [7, 11) is 0. The lowest BCUT2D eigenvalue weighted by atomic mass is 10.2. The van der Waals surface area contributed by atoms with Gasteiger partial charge in [0.15, 0.2) is 0 Å². The van der Waals surface area contributed by atoms with E-state index in [-0.39, 0.29) is 12.3 Å². The second kappa shape index (κ2) is 5.96. The maximum Gasteiger partial charge on any atom is 0.329 e. The van der Waals surface area contributed by atoms with E-state index in [4.69, 9.17) is 4.74 Å². The molecule has 1 fully saturated rings. The smallest absolute Gasteiger partial charge is 0.329 e. The molecule has 0 bridgehead atoms. The van der Waals surface area contributed by atoms with Crippen molar-refractivity contribution < 1.29 is 19.1 Å². The largest absolute Gasteiger partial charge is 0.465 e. The summed E-state index contributed by atoms with van der Waals surface area (Å²) in [6.45, 7) is 1.45. The van der Waals surface area contributed by atoms with Crippen molar-refractivity contribution in [2.45, 2.75) is 6.92 Å². The first-order valence-electron chi connectivity index (χ1n) is 6.02. The minimum Gasteiger partial charge on any atom is -0.465 e. The topological polar surface area (TPSA) is 88.6 Å². The molecule has 1 N–H and O–H groups in total. The third-order valence-corrected chi connectivity index (χ3v) is 2.57. The molecule has 1 aliphatic rings. The van der Waals surface area contributed by atoms with E-state index in [1.807, 2.05) is 0 Å². The number of carbonyl (C=O) groups is 3. The Balaban J connectivity index is 2.13. The number of hydrogen-bond donors (Lipinski definition) is 1. The number of imide groups is 1. The molecular formula is C13H13N3O4. The van der Waals surface area contributed by atoms with Gasteiger partial charge in [0, 0.05) is 12.4 Å². The zero-order valence-corrected chi connectivity index (χ0v) is 10.8. The molecule has 3 amide bonds. The van der Waals surface area contributed by atoms with Crippen LogP contribution in [-0.2, 0) is 14.3 Å². The van der Waals surface area contributed by atoms with E-state index in [1.165, 1.54) is 6.08 Å². The number of rotatable bonds is 4. The van der Waals surface area contributed by atoms with E-state index >= 15 is 0 Å². The Hall–Kier alpha value is -2.70. The fourth-order valence-corrected chi connectivity index (χ4v) is 1.68. The molecule has 0 saturated carbocycles. The number of aromatic nitrogens is 1. The molecule has 0 radical (unpaired) electrons. The van der Waals surface area contributed by atoms with Crippen LogP contribution >= 0.6 is 0 Å². The molecule has 0 unspecified atom stereocenters. The molecule has 104 valence electrons. The molecule has 7 heteroatoms. The minimum absolute atomic E-state index is 0.116. The molecule has 0 atom stereocenters. The second-order valence-electron chi connectivity index (χ2n) is 3.97. The maximum absolute atomic E-state index is 12.0. The lowest BCUT2D eigenvalue weighted by Crippen LogP contribution is -2.36. The first-order chi connectivity index (χ1) is 9.61. The highest BCUT2D eigenvalue weighted by atomic mass is 16.5. The second-order valence-corrected chi connectivity index (χ2v) is 3.97. The minimum atomic E-state index is -0.636. The number of ether oxygens (including phenoxy) is 1. The first kappa shape index (κ1) is 13.7. The number of urea groups is 1. The normalized spacial score (nSPS) is 16.4. The van der Waals surface area contributed by atoms with Gasteiger partial charge >= 0.3 is 12.0 Å². The number of esters is 1. The van der Waals surface area contributed by atoms with Gasteiger partial charge in [0.25, 0.3) is 5.91 Å². The van der Waals surface area contributed by atoms with Gasteiger partial charge in [0.05, 0.1) is 6.61 Å². The van der Waals surface area contributed by atoms with Gasteiger partial charge in [-0.2, -0.15) is 0 Å². The van der Waals surface area contributed by atoms with E-state index < -0.39 is 24.5 Å². The SMILES string of the molecule is CCOC(=O)CN1C(=O)N/C(=C\c2ccncc2)C1=O. The van der Waals surface area contributed by atoms with Crippen molar-refractivity contribution in [1.82, 2.24) is 15.2 Å². The zero-order valence-electron chi connectivity index (χ0n) is 10.8. The fourth-order valence-electron chi connectivity index (χ4n) is 1.68. The molecule has 1 saturated heterocycles. The van der Waals surface area contributed by atoms with Crippen LogP contribution in [0.15, 0.2) is 30.2 Å². The Kier molecular flexibility index (Phi) is 4.09. The number of amides is 3. The summed E-state index contributed by atoms with van der Waals surface area (Å²) in [5, 5.41) is 2.42. The summed E-state index contributed by atoms with van der Waals surface area (Å²) in [6, 6.07) is 2.75. The number of hydrogen-bond acceptors (Lipinski definition) is 5. The Labute approximate surface area is 115 Å². The van der Waals surface area contributed by atoms with Crippen molar-refractivity contribution in [2.75, 3.05) is 13.2 Å². The van der Waals surface area contributed by atoms with Gasteiger partial charge in [-0.05, 0) is 30.7 Å². The van der Waals surface area contributed by atoms with E-state index in [1.54, 1.807) is 31.5 Å². The lowest BCUT2D eigenvalue weighted by molar-refractivity contribution is -0.145. The first-order valence-corrected chi connectivity index (χ1v) is 6.02. The molecular weight excluding hydrogens is 262 g/mol. The number of nitrogens with one attached hydrogen (secondary N) is 1. The summed E-state index contributed by atoms with van der Waals surface area (Å²) in [4.78, 5) is 39.7. The summed E-state index contributed by atoms with van der Waals surface area (Å²) in [6.07, 6.45) is 4.67. The lowest BCUT2D eigenvalue weighted by Gasteiger charge is -2.10. The Morgan fingerprint density at radius 1 is 1.40 bits per heavy atom. The van der Waals surface area contributed by atoms with Crippen LogP contribution in [0.25, 0.3) is 6.08 Å². The van der Waals surface area contributed by atoms with Crippen LogP contribution in [0, 0.1) is 0 Å². The fraction of sp³-hybridized carbons (Fsp3) is 0.231. The van der Waals surface area contributed by atoms with Crippen molar-refractivity contribution in [3.05, 3.63) is 35.8 Å². The summed E-state index contributed by atoms with van der Waals surface area (Å²) < 4.78 is 4.71. The maximum atomic E-state index is 12.0. The summed E-state index contributed by atoms with van der Waals surface area (Å²) in [5.41, 5.74) is 0.840. The molecule has 1 aliphatic heterocycles. The van der Waals surface area contributed by atoms with E-state index in [0.717, 1.165) is 10.5 Å². The van der Waals surface area contributed by atoms with Crippen LogP contribution in [0.3, 0.4) is 0 Å². The number of carbonyl (C=O) groups excluding carboxylic acids is 3. The van der Waals surface area contributed by atoms with Gasteiger partial charge < -0.3 is 10.1 Å². The van der Waals surface area contributed by atoms with E-state index in [0.29, 0.717) is 0 Å². The molecule has 0 spiro atoms. The van der Waals surface area contributed by atoms with Crippen LogP contribution in [0.2, 0.25) is 0 Å².